The van der Waals surface area contributed by atoms with Gasteiger partial charge in [-0.3, -0.25) is 9.59 Å². The van der Waals surface area contributed by atoms with Gasteiger partial charge in [-0.1, -0.05) is 60.1 Å². The lowest BCUT2D eigenvalue weighted by atomic mass is 9.97. The fraction of sp³-hybridized carbons (Fsp3) is 0.179. The molecule has 1 aromatic heterocycles. The van der Waals surface area contributed by atoms with Crippen LogP contribution in [0, 0.1) is 0 Å². The highest BCUT2D eigenvalue weighted by atomic mass is 35.5. The number of alkyl halides is 2. The molecule has 0 radical (unpaired) electrons. The second-order valence-electron chi connectivity index (χ2n) is 8.35. The zero-order chi connectivity index (χ0) is 26.4. The van der Waals surface area contributed by atoms with Crippen molar-refractivity contribution in [2.45, 2.75) is 25.3 Å². The van der Waals surface area contributed by atoms with E-state index in [4.69, 9.17) is 16.0 Å². The molecule has 0 saturated carbocycles. The molecule has 1 atom stereocenters. The van der Waals surface area contributed by atoms with Crippen LogP contribution in [0.2, 0.25) is 5.02 Å². The number of carbonyl (C=O) groups excluding carboxylic acids is 2. The van der Waals surface area contributed by atoms with Crippen LogP contribution in [-0.4, -0.2) is 29.9 Å². The molecule has 9 heteroatoms. The monoisotopic (exact) mass is 523 g/mol. The Kier molecular flexibility index (Phi) is 8.30. The van der Waals surface area contributed by atoms with Crippen LogP contribution >= 0.6 is 11.6 Å². The van der Waals surface area contributed by atoms with Gasteiger partial charge in [-0.2, -0.15) is 0 Å². The molecule has 190 valence electrons. The molecule has 4 aromatic rings. The average molecular weight is 524 g/mol. The number of nitrogens with one attached hydrogen (secondary N) is 2. The lowest BCUT2D eigenvalue weighted by Gasteiger charge is -2.17. The van der Waals surface area contributed by atoms with E-state index in [1.165, 1.54) is 19.4 Å². The highest BCUT2D eigenvalue weighted by Gasteiger charge is 2.22. The number of likely N-dealkylation sites (N-methyl/N-ethyl adjacent to an activating group) is 1. The summed E-state index contributed by atoms with van der Waals surface area (Å²) in [7, 11) is 1.49. The molecule has 0 unspecified atom stereocenters. The minimum atomic E-state index is -2.59. The maximum atomic E-state index is 13.4. The fourth-order valence-electron chi connectivity index (χ4n) is 3.91. The maximum absolute atomic E-state index is 13.4. The third-order valence-electron chi connectivity index (χ3n) is 5.78. The first-order chi connectivity index (χ1) is 17.8. The summed E-state index contributed by atoms with van der Waals surface area (Å²) in [4.78, 5) is 29.5. The number of hydrogen-bond acceptors (Lipinski definition) is 4. The topological polar surface area (TPSA) is 84.2 Å². The van der Waals surface area contributed by atoms with Crippen molar-refractivity contribution in [3.05, 3.63) is 101 Å². The van der Waals surface area contributed by atoms with Crippen LogP contribution in [0.25, 0.3) is 22.6 Å². The van der Waals surface area contributed by atoms with Crippen molar-refractivity contribution >= 4 is 23.4 Å². The molecule has 0 spiro atoms. The van der Waals surface area contributed by atoms with Gasteiger partial charge in [-0.05, 0) is 41.0 Å². The lowest BCUT2D eigenvalue weighted by Crippen LogP contribution is -2.47. The van der Waals surface area contributed by atoms with Gasteiger partial charge in [0.15, 0.2) is 0 Å². The Bertz CT molecular complexity index is 1370. The number of rotatable bonds is 9. The predicted molar refractivity (Wildman–Crippen MR) is 137 cm³/mol. The number of carbonyl (C=O) groups is 2. The third kappa shape index (κ3) is 6.59. The van der Waals surface area contributed by atoms with Crippen LogP contribution in [0.5, 0.6) is 0 Å². The minimum absolute atomic E-state index is 0.0437. The number of halogens is 3. The molecule has 0 fully saturated rings. The molecule has 0 aliphatic carbocycles. The minimum Gasteiger partial charge on any atom is -0.444 e. The number of amides is 2. The maximum Gasteiger partial charge on any atom is 0.264 e. The van der Waals surface area contributed by atoms with E-state index in [1.54, 1.807) is 66.7 Å². The SMILES string of the molecule is CNC(=O)[C@@H](Cc1ccc(-c2ccccc2C(F)F)cc1)NC(=O)Cc1coc(-c2ccc(Cl)cc2)n1. The second-order valence-corrected chi connectivity index (χ2v) is 8.79. The molecule has 0 saturated heterocycles. The Balaban J connectivity index is 1.42. The Morgan fingerprint density at radius 3 is 2.32 bits per heavy atom. The zero-order valence-electron chi connectivity index (χ0n) is 19.9. The Labute approximate surface area is 217 Å². The molecule has 2 N–H and O–H groups in total. The predicted octanol–water partition coefficient (Wildman–Crippen LogP) is 5.62. The van der Waals surface area contributed by atoms with E-state index in [1.807, 2.05) is 0 Å². The number of aromatic nitrogens is 1. The summed E-state index contributed by atoms with van der Waals surface area (Å²) in [5, 5.41) is 5.89. The molecule has 1 heterocycles. The van der Waals surface area contributed by atoms with Gasteiger partial charge in [-0.15, -0.1) is 0 Å². The van der Waals surface area contributed by atoms with E-state index in [9.17, 15) is 18.4 Å². The van der Waals surface area contributed by atoms with Gasteiger partial charge in [-0.25, -0.2) is 13.8 Å². The van der Waals surface area contributed by atoms with E-state index in [-0.39, 0.29) is 24.3 Å². The van der Waals surface area contributed by atoms with Gasteiger partial charge in [0.1, 0.15) is 12.3 Å². The molecule has 2 amide bonds. The van der Waals surface area contributed by atoms with Crippen molar-refractivity contribution in [1.82, 2.24) is 15.6 Å². The summed E-state index contributed by atoms with van der Waals surface area (Å²) in [6.45, 7) is 0. The van der Waals surface area contributed by atoms with Gasteiger partial charge in [0, 0.05) is 29.6 Å². The van der Waals surface area contributed by atoms with Gasteiger partial charge < -0.3 is 15.1 Å². The van der Waals surface area contributed by atoms with Gasteiger partial charge >= 0.3 is 0 Å². The molecule has 3 aromatic carbocycles. The fourth-order valence-corrected chi connectivity index (χ4v) is 4.04. The summed E-state index contributed by atoms with van der Waals surface area (Å²) in [5.41, 5.74) is 2.95. The van der Waals surface area contributed by atoms with Crippen LogP contribution in [0.1, 0.15) is 23.2 Å². The number of benzene rings is 3. The number of oxazole rings is 1. The summed E-state index contributed by atoms with van der Waals surface area (Å²) in [6, 6.07) is 19.4. The average Bonchev–Trinajstić information content (AvgIpc) is 3.36. The highest BCUT2D eigenvalue weighted by molar-refractivity contribution is 6.30. The molecule has 0 aliphatic heterocycles. The summed E-state index contributed by atoms with van der Waals surface area (Å²) in [6.07, 6.45) is -1.05. The van der Waals surface area contributed by atoms with E-state index in [0.29, 0.717) is 27.7 Å². The Hall–Kier alpha value is -4.04. The van der Waals surface area contributed by atoms with Crippen molar-refractivity contribution < 1.29 is 22.8 Å². The molecule has 0 aliphatic rings. The van der Waals surface area contributed by atoms with Crippen LogP contribution in [0.4, 0.5) is 8.78 Å². The van der Waals surface area contributed by atoms with Crippen molar-refractivity contribution in [3.63, 3.8) is 0 Å². The Morgan fingerprint density at radius 2 is 1.65 bits per heavy atom. The standard InChI is InChI=1S/C28H24ClF2N3O3/c1-32-27(36)24(14-17-6-8-18(9-7-17)22-4-2-3-5-23(22)26(30)31)34-25(35)15-21-16-37-28(33-21)19-10-12-20(29)13-11-19/h2-13,16,24,26H,14-15H2,1H3,(H,32,36)(H,34,35)/t24-/m1/s1. The first kappa shape index (κ1) is 26.0. The van der Waals surface area contributed by atoms with Gasteiger partial charge in [0.05, 0.1) is 12.1 Å². The quantitative estimate of drug-likeness (QED) is 0.298. The van der Waals surface area contributed by atoms with Crippen LogP contribution < -0.4 is 10.6 Å². The van der Waals surface area contributed by atoms with Crippen LogP contribution in [0.15, 0.2) is 83.5 Å². The first-order valence-electron chi connectivity index (χ1n) is 11.5. The molecular weight excluding hydrogens is 500 g/mol. The van der Waals surface area contributed by atoms with Crippen molar-refractivity contribution in [1.29, 1.82) is 0 Å². The van der Waals surface area contributed by atoms with Crippen LogP contribution in [-0.2, 0) is 22.4 Å². The summed E-state index contributed by atoms with van der Waals surface area (Å²) >= 11 is 5.91. The largest absolute Gasteiger partial charge is 0.444 e. The van der Waals surface area contributed by atoms with Crippen molar-refractivity contribution in [2.75, 3.05) is 7.05 Å². The molecular formula is C28H24ClF2N3O3. The number of nitrogens with zero attached hydrogens (tertiary/aromatic N) is 1. The molecule has 37 heavy (non-hydrogen) atoms. The van der Waals surface area contributed by atoms with Crippen LogP contribution in [0.3, 0.4) is 0 Å². The first-order valence-corrected chi connectivity index (χ1v) is 11.9. The lowest BCUT2D eigenvalue weighted by molar-refractivity contribution is -0.128. The normalized spacial score (nSPS) is 11.8. The summed E-state index contributed by atoms with van der Waals surface area (Å²) in [5.74, 6) is -0.398. The third-order valence-corrected chi connectivity index (χ3v) is 6.04. The highest BCUT2D eigenvalue weighted by Crippen LogP contribution is 2.31. The van der Waals surface area contributed by atoms with Gasteiger partial charge in [0.25, 0.3) is 6.43 Å². The molecule has 4 rings (SSSR count). The van der Waals surface area contributed by atoms with Crippen molar-refractivity contribution in [3.8, 4) is 22.6 Å². The number of hydrogen-bond donors (Lipinski definition) is 2. The van der Waals surface area contributed by atoms with Gasteiger partial charge in [0.2, 0.25) is 17.7 Å². The van der Waals surface area contributed by atoms with E-state index < -0.39 is 18.4 Å². The second kappa shape index (κ2) is 11.8. The van der Waals surface area contributed by atoms with Crippen molar-refractivity contribution in [2.24, 2.45) is 0 Å². The van der Waals surface area contributed by atoms with E-state index >= 15 is 0 Å². The smallest absolute Gasteiger partial charge is 0.264 e. The zero-order valence-corrected chi connectivity index (χ0v) is 20.6. The summed E-state index contributed by atoms with van der Waals surface area (Å²) < 4.78 is 32.2. The van der Waals surface area contributed by atoms with E-state index in [2.05, 4.69) is 15.6 Å². The van der Waals surface area contributed by atoms with E-state index in [0.717, 1.165) is 11.1 Å². The Morgan fingerprint density at radius 1 is 0.973 bits per heavy atom. The molecule has 6 nitrogen and oxygen atoms in total. The molecule has 0 bridgehead atoms.